The number of nitrogens with zero attached hydrogens (tertiary/aromatic N) is 2. The molecule has 0 aliphatic heterocycles. The van der Waals surface area contributed by atoms with Crippen LogP contribution in [0.25, 0.3) is 0 Å². The molecule has 0 bridgehead atoms. The van der Waals surface area contributed by atoms with Gasteiger partial charge < -0.3 is 10.1 Å². The second kappa shape index (κ2) is 6.09. The highest BCUT2D eigenvalue weighted by Crippen LogP contribution is 2.22. The maximum Gasteiger partial charge on any atom is 0.123 e. The lowest BCUT2D eigenvalue weighted by Gasteiger charge is -2.12. The van der Waals surface area contributed by atoms with Gasteiger partial charge in [-0.05, 0) is 25.0 Å². The maximum absolute atomic E-state index is 5.94. The summed E-state index contributed by atoms with van der Waals surface area (Å²) < 4.78 is 7.83. The zero-order valence-corrected chi connectivity index (χ0v) is 11.9. The second-order valence-corrected chi connectivity index (χ2v) is 5.31. The third-order valence-corrected chi connectivity index (χ3v) is 3.67. The summed E-state index contributed by atoms with van der Waals surface area (Å²) in [4.78, 5) is 0. The zero-order chi connectivity index (χ0) is 13.8. The predicted molar refractivity (Wildman–Crippen MR) is 78.7 cm³/mol. The Bertz CT molecular complexity index is 560. The van der Waals surface area contributed by atoms with E-state index in [9.17, 15) is 0 Å². The van der Waals surface area contributed by atoms with Gasteiger partial charge in [0.1, 0.15) is 5.75 Å². The first kappa shape index (κ1) is 13.2. The molecule has 0 spiro atoms. The highest BCUT2D eigenvalue weighted by atomic mass is 16.5. The van der Waals surface area contributed by atoms with E-state index in [-0.39, 0.29) is 0 Å². The van der Waals surface area contributed by atoms with Crippen molar-refractivity contribution in [1.82, 2.24) is 15.1 Å². The monoisotopic (exact) mass is 271 g/mol. The van der Waals surface area contributed by atoms with Crippen LogP contribution in [0.1, 0.15) is 24.1 Å². The molecule has 2 aromatic rings. The molecule has 4 nitrogen and oxygen atoms in total. The van der Waals surface area contributed by atoms with Crippen LogP contribution in [0.4, 0.5) is 0 Å². The Labute approximate surface area is 119 Å². The van der Waals surface area contributed by atoms with E-state index in [1.165, 1.54) is 24.1 Å². The first-order valence-electron chi connectivity index (χ1n) is 7.24. The van der Waals surface area contributed by atoms with Crippen LogP contribution >= 0.6 is 0 Å². The van der Waals surface area contributed by atoms with Gasteiger partial charge in [0, 0.05) is 43.5 Å². The lowest BCUT2D eigenvalue weighted by atomic mass is 10.2. The third kappa shape index (κ3) is 3.39. The highest BCUT2D eigenvalue weighted by Gasteiger charge is 2.20. The molecule has 1 fully saturated rings. The van der Waals surface area contributed by atoms with E-state index in [0.29, 0.717) is 6.61 Å². The third-order valence-electron chi connectivity index (χ3n) is 3.67. The van der Waals surface area contributed by atoms with E-state index in [1.807, 2.05) is 36.1 Å². The summed E-state index contributed by atoms with van der Waals surface area (Å²) in [6, 6.07) is 11.0. The van der Waals surface area contributed by atoms with Crippen LogP contribution in [0.5, 0.6) is 5.75 Å². The van der Waals surface area contributed by atoms with Crippen molar-refractivity contribution in [3.8, 4) is 5.75 Å². The zero-order valence-electron chi connectivity index (χ0n) is 11.9. The Morgan fingerprint density at radius 1 is 1.30 bits per heavy atom. The molecule has 0 radical (unpaired) electrons. The van der Waals surface area contributed by atoms with Crippen LogP contribution in [0.2, 0.25) is 0 Å². The van der Waals surface area contributed by atoms with Gasteiger partial charge in [-0.2, -0.15) is 5.10 Å². The van der Waals surface area contributed by atoms with Crippen molar-refractivity contribution >= 4 is 0 Å². The van der Waals surface area contributed by atoms with Crippen LogP contribution in [0.15, 0.2) is 36.5 Å². The number of ether oxygens (including phenoxy) is 1. The lowest BCUT2D eigenvalue weighted by Crippen LogP contribution is -2.16. The lowest BCUT2D eigenvalue weighted by molar-refractivity contribution is 0.314. The van der Waals surface area contributed by atoms with Crippen molar-refractivity contribution in [3.05, 3.63) is 47.8 Å². The molecule has 106 valence electrons. The SMILES string of the molecule is Cn1nccc1CCOc1ccccc1CNC1CC1. The standard InChI is InChI=1S/C16H21N3O/c1-19-15(8-10-18-19)9-11-20-16-5-3-2-4-13(16)12-17-14-6-7-14/h2-5,8,10,14,17H,6-7,9,11-12H2,1H3. The van der Waals surface area contributed by atoms with Crippen LogP contribution < -0.4 is 10.1 Å². The summed E-state index contributed by atoms with van der Waals surface area (Å²) in [5.74, 6) is 0.989. The molecule has 0 unspecified atom stereocenters. The topological polar surface area (TPSA) is 39.1 Å². The van der Waals surface area contributed by atoms with Gasteiger partial charge in [0.2, 0.25) is 0 Å². The van der Waals surface area contributed by atoms with Crippen molar-refractivity contribution < 1.29 is 4.74 Å². The number of aromatic nitrogens is 2. The van der Waals surface area contributed by atoms with Gasteiger partial charge >= 0.3 is 0 Å². The van der Waals surface area contributed by atoms with E-state index in [0.717, 1.165) is 24.8 Å². The van der Waals surface area contributed by atoms with Crippen molar-refractivity contribution in [2.45, 2.75) is 31.8 Å². The smallest absolute Gasteiger partial charge is 0.123 e. The highest BCUT2D eigenvalue weighted by molar-refractivity contribution is 5.33. The van der Waals surface area contributed by atoms with Gasteiger partial charge in [0.15, 0.2) is 0 Å². The van der Waals surface area contributed by atoms with Gasteiger partial charge in [-0.15, -0.1) is 0 Å². The fraction of sp³-hybridized carbons (Fsp3) is 0.438. The minimum absolute atomic E-state index is 0.681. The number of hydrogen-bond donors (Lipinski definition) is 1. The molecule has 1 aromatic carbocycles. The van der Waals surface area contributed by atoms with Crippen LogP contribution in [-0.4, -0.2) is 22.4 Å². The van der Waals surface area contributed by atoms with Crippen LogP contribution in [-0.2, 0) is 20.0 Å². The number of hydrogen-bond acceptors (Lipinski definition) is 3. The van der Waals surface area contributed by atoms with Gasteiger partial charge in [-0.25, -0.2) is 0 Å². The van der Waals surface area contributed by atoms with Gasteiger partial charge in [-0.3, -0.25) is 4.68 Å². The molecule has 3 rings (SSSR count). The molecule has 4 heteroatoms. The molecular weight excluding hydrogens is 250 g/mol. The fourth-order valence-corrected chi connectivity index (χ4v) is 2.24. The Morgan fingerprint density at radius 3 is 2.90 bits per heavy atom. The fourth-order valence-electron chi connectivity index (χ4n) is 2.24. The number of aryl methyl sites for hydroxylation is 1. The van der Waals surface area contributed by atoms with E-state index < -0.39 is 0 Å². The summed E-state index contributed by atoms with van der Waals surface area (Å²) in [7, 11) is 1.96. The minimum Gasteiger partial charge on any atom is -0.493 e. The molecule has 1 saturated carbocycles. The van der Waals surface area contributed by atoms with E-state index in [2.05, 4.69) is 22.5 Å². The van der Waals surface area contributed by atoms with E-state index in [1.54, 1.807) is 0 Å². The predicted octanol–water partition coefficient (Wildman–Crippen LogP) is 2.29. The molecule has 1 N–H and O–H groups in total. The Morgan fingerprint density at radius 2 is 2.15 bits per heavy atom. The normalized spacial score (nSPS) is 14.4. The number of para-hydroxylation sites is 1. The van der Waals surface area contributed by atoms with Crippen molar-refractivity contribution in [3.63, 3.8) is 0 Å². The summed E-state index contributed by atoms with van der Waals surface area (Å²) in [6.07, 6.45) is 5.32. The maximum atomic E-state index is 5.94. The summed E-state index contributed by atoms with van der Waals surface area (Å²) >= 11 is 0. The van der Waals surface area contributed by atoms with Crippen LogP contribution in [0, 0.1) is 0 Å². The Hall–Kier alpha value is -1.81. The molecule has 1 aromatic heterocycles. The Kier molecular flexibility index (Phi) is 4.02. The quantitative estimate of drug-likeness (QED) is 0.840. The Balaban J connectivity index is 1.54. The van der Waals surface area contributed by atoms with Gasteiger partial charge in [-0.1, -0.05) is 18.2 Å². The summed E-state index contributed by atoms with van der Waals surface area (Å²) in [5, 5.41) is 7.70. The van der Waals surface area contributed by atoms with Gasteiger partial charge in [0.25, 0.3) is 0 Å². The van der Waals surface area contributed by atoms with Crippen molar-refractivity contribution in [1.29, 1.82) is 0 Å². The second-order valence-electron chi connectivity index (χ2n) is 5.31. The summed E-state index contributed by atoms with van der Waals surface area (Å²) in [6.45, 7) is 1.58. The molecule has 1 aliphatic rings. The van der Waals surface area contributed by atoms with Gasteiger partial charge in [0.05, 0.1) is 6.61 Å². The van der Waals surface area contributed by atoms with E-state index >= 15 is 0 Å². The van der Waals surface area contributed by atoms with E-state index in [4.69, 9.17) is 4.74 Å². The molecule has 1 heterocycles. The first-order chi connectivity index (χ1) is 9.83. The average Bonchev–Trinajstić information content (AvgIpc) is 3.21. The molecule has 0 saturated heterocycles. The molecule has 1 aliphatic carbocycles. The number of benzene rings is 1. The average molecular weight is 271 g/mol. The number of nitrogens with one attached hydrogen (secondary N) is 1. The molecule has 20 heavy (non-hydrogen) atoms. The minimum atomic E-state index is 0.681. The van der Waals surface area contributed by atoms with Crippen LogP contribution in [0.3, 0.4) is 0 Å². The van der Waals surface area contributed by atoms with Crippen molar-refractivity contribution in [2.75, 3.05) is 6.61 Å². The molecular formula is C16H21N3O. The molecule has 0 amide bonds. The van der Waals surface area contributed by atoms with Crippen molar-refractivity contribution in [2.24, 2.45) is 7.05 Å². The largest absolute Gasteiger partial charge is 0.493 e. The first-order valence-corrected chi connectivity index (χ1v) is 7.24. The molecule has 0 atom stereocenters. The number of rotatable bonds is 7. The summed E-state index contributed by atoms with van der Waals surface area (Å²) in [5.41, 5.74) is 2.43.